The van der Waals surface area contributed by atoms with E-state index >= 15 is 0 Å². The molecule has 0 saturated heterocycles. The van der Waals surface area contributed by atoms with Crippen LogP contribution in [0.5, 0.6) is 5.75 Å². The number of aromatic nitrogens is 2. The minimum Gasteiger partial charge on any atom is -0.496 e. The molecule has 0 aliphatic carbocycles. The predicted molar refractivity (Wildman–Crippen MR) is 64.4 cm³/mol. The van der Waals surface area contributed by atoms with Crippen molar-refractivity contribution >= 4 is 17.6 Å². The zero-order valence-electron chi connectivity index (χ0n) is 9.93. The van der Waals surface area contributed by atoms with E-state index in [4.69, 9.17) is 14.9 Å². The van der Waals surface area contributed by atoms with Crippen molar-refractivity contribution in [3.05, 3.63) is 29.7 Å². The van der Waals surface area contributed by atoms with Gasteiger partial charge in [-0.2, -0.15) is 0 Å². The first-order chi connectivity index (χ1) is 8.60. The van der Waals surface area contributed by atoms with Crippen molar-refractivity contribution < 1.29 is 13.9 Å². The minimum absolute atomic E-state index is 0.0296. The third-order valence-electron chi connectivity index (χ3n) is 2.21. The summed E-state index contributed by atoms with van der Waals surface area (Å²) in [6.07, 6.45) is 0. The Morgan fingerprint density at radius 2 is 2.22 bits per heavy atom. The fourth-order valence-electron chi connectivity index (χ4n) is 1.41. The number of nitrogens with one attached hydrogen (secondary N) is 1. The summed E-state index contributed by atoms with van der Waals surface area (Å²) in [5, 5.41) is 9.74. The Labute approximate surface area is 103 Å². The molecule has 0 aliphatic heterocycles. The van der Waals surface area contributed by atoms with Crippen LogP contribution in [0.25, 0.3) is 0 Å². The van der Waals surface area contributed by atoms with Crippen molar-refractivity contribution in [3.8, 4) is 5.75 Å². The summed E-state index contributed by atoms with van der Waals surface area (Å²) in [5.41, 5.74) is 6.39. The number of hydrogen-bond donors (Lipinski definition) is 2. The lowest BCUT2D eigenvalue weighted by Crippen LogP contribution is -2.13. The van der Waals surface area contributed by atoms with E-state index in [0.717, 1.165) is 0 Å². The highest BCUT2D eigenvalue weighted by molar-refractivity contribution is 6.05. The first kappa shape index (κ1) is 11.9. The average molecular weight is 248 g/mol. The Bertz CT molecular complexity index is 579. The molecule has 1 aromatic carbocycles. The van der Waals surface area contributed by atoms with Gasteiger partial charge in [0.05, 0.1) is 12.7 Å². The highest BCUT2D eigenvalue weighted by Crippen LogP contribution is 2.22. The number of methoxy groups -OCH3 is 1. The lowest BCUT2D eigenvalue weighted by atomic mass is 10.1. The number of nitrogen functional groups attached to an aromatic ring is 1. The largest absolute Gasteiger partial charge is 0.496 e. The number of aryl methyl sites for hydroxylation is 1. The summed E-state index contributed by atoms with van der Waals surface area (Å²) in [6.45, 7) is 1.63. The van der Waals surface area contributed by atoms with Gasteiger partial charge < -0.3 is 14.9 Å². The molecule has 18 heavy (non-hydrogen) atoms. The van der Waals surface area contributed by atoms with Crippen LogP contribution in [0.2, 0.25) is 0 Å². The monoisotopic (exact) mass is 248 g/mol. The van der Waals surface area contributed by atoms with Crippen LogP contribution in [0.3, 0.4) is 0 Å². The summed E-state index contributed by atoms with van der Waals surface area (Å²) in [4.78, 5) is 12.0. The van der Waals surface area contributed by atoms with Crippen molar-refractivity contribution in [1.29, 1.82) is 0 Å². The zero-order valence-corrected chi connectivity index (χ0v) is 9.93. The standard InChI is InChI=1S/C11H12N4O3/c1-6-14-15-11(18-6)13-10(16)8-5-7(12)3-4-9(8)17-2/h3-5H,12H2,1-2H3,(H,13,15,16). The number of amides is 1. The van der Waals surface area contributed by atoms with Crippen LogP contribution in [-0.4, -0.2) is 23.2 Å². The predicted octanol–water partition coefficient (Wildman–Crippen LogP) is 1.22. The second kappa shape index (κ2) is 4.74. The van der Waals surface area contributed by atoms with Gasteiger partial charge in [-0.1, -0.05) is 5.10 Å². The molecular formula is C11H12N4O3. The summed E-state index contributed by atoms with van der Waals surface area (Å²) in [6, 6.07) is 4.80. The van der Waals surface area contributed by atoms with Gasteiger partial charge in [0.2, 0.25) is 5.89 Å². The quantitative estimate of drug-likeness (QED) is 0.791. The van der Waals surface area contributed by atoms with Gasteiger partial charge in [-0.25, -0.2) is 0 Å². The number of benzene rings is 1. The van der Waals surface area contributed by atoms with Gasteiger partial charge in [0.1, 0.15) is 5.75 Å². The SMILES string of the molecule is COc1ccc(N)cc1C(=O)Nc1nnc(C)o1. The van der Waals surface area contributed by atoms with E-state index in [-0.39, 0.29) is 6.01 Å². The van der Waals surface area contributed by atoms with Gasteiger partial charge in [0, 0.05) is 12.6 Å². The number of ether oxygens (including phenoxy) is 1. The number of anilines is 2. The van der Waals surface area contributed by atoms with Crippen LogP contribution < -0.4 is 15.8 Å². The van der Waals surface area contributed by atoms with E-state index in [0.29, 0.717) is 22.9 Å². The second-order valence-corrected chi connectivity index (χ2v) is 3.54. The summed E-state index contributed by atoms with van der Waals surface area (Å²) in [5.74, 6) is 0.352. The third-order valence-corrected chi connectivity index (χ3v) is 2.21. The van der Waals surface area contributed by atoms with Crippen LogP contribution >= 0.6 is 0 Å². The van der Waals surface area contributed by atoms with Gasteiger partial charge >= 0.3 is 6.01 Å². The van der Waals surface area contributed by atoms with Gasteiger partial charge in [-0.3, -0.25) is 10.1 Å². The summed E-state index contributed by atoms with van der Waals surface area (Å²) < 4.78 is 10.1. The fraction of sp³-hybridized carbons (Fsp3) is 0.182. The van der Waals surface area contributed by atoms with Crippen molar-refractivity contribution in [2.24, 2.45) is 0 Å². The Morgan fingerprint density at radius 3 is 2.83 bits per heavy atom. The van der Waals surface area contributed by atoms with Crippen LogP contribution in [0.4, 0.5) is 11.7 Å². The van der Waals surface area contributed by atoms with Crippen LogP contribution in [0, 0.1) is 6.92 Å². The number of carbonyl (C=O) groups is 1. The van der Waals surface area contributed by atoms with Gasteiger partial charge in [0.25, 0.3) is 5.91 Å². The average Bonchev–Trinajstić information content (AvgIpc) is 2.74. The van der Waals surface area contributed by atoms with Crippen molar-refractivity contribution in [2.75, 3.05) is 18.2 Å². The van der Waals surface area contributed by atoms with Crippen LogP contribution in [0.15, 0.2) is 22.6 Å². The van der Waals surface area contributed by atoms with E-state index in [2.05, 4.69) is 15.5 Å². The molecule has 94 valence electrons. The number of hydrogen-bond acceptors (Lipinski definition) is 6. The molecule has 3 N–H and O–H groups in total. The summed E-state index contributed by atoms with van der Waals surface area (Å²) >= 11 is 0. The molecule has 7 nitrogen and oxygen atoms in total. The normalized spacial score (nSPS) is 10.1. The molecule has 0 saturated carbocycles. The molecule has 2 aromatic rings. The third kappa shape index (κ3) is 2.40. The fourth-order valence-corrected chi connectivity index (χ4v) is 1.41. The maximum absolute atomic E-state index is 12.0. The zero-order chi connectivity index (χ0) is 13.1. The molecule has 7 heteroatoms. The number of nitrogens with zero attached hydrogens (tertiary/aromatic N) is 2. The lowest BCUT2D eigenvalue weighted by molar-refractivity contribution is 0.102. The molecule has 0 aliphatic rings. The minimum atomic E-state index is -0.428. The molecule has 0 bridgehead atoms. The van der Waals surface area contributed by atoms with Crippen molar-refractivity contribution in [1.82, 2.24) is 10.2 Å². The van der Waals surface area contributed by atoms with Crippen molar-refractivity contribution in [2.45, 2.75) is 6.92 Å². The lowest BCUT2D eigenvalue weighted by Gasteiger charge is -2.07. The Balaban J connectivity index is 2.25. The molecule has 1 amide bonds. The molecule has 0 unspecified atom stereocenters. The highest BCUT2D eigenvalue weighted by atomic mass is 16.5. The number of rotatable bonds is 3. The molecule has 0 radical (unpaired) electrons. The Hall–Kier alpha value is -2.57. The van der Waals surface area contributed by atoms with E-state index in [9.17, 15) is 4.79 Å². The van der Waals surface area contributed by atoms with E-state index in [1.807, 2.05) is 0 Å². The second-order valence-electron chi connectivity index (χ2n) is 3.54. The topological polar surface area (TPSA) is 103 Å². The molecule has 1 aromatic heterocycles. The molecule has 1 heterocycles. The highest BCUT2D eigenvalue weighted by Gasteiger charge is 2.15. The van der Waals surface area contributed by atoms with Crippen molar-refractivity contribution in [3.63, 3.8) is 0 Å². The van der Waals surface area contributed by atoms with E-state index in [1.54, 1.807) is 19.1 Å². The summed E-state index contributed by atoms with van der Waals surface area (Å²) in [7, 11) is 1.47. The smallest absolute Gasteiger partial charge is 0.322 e. The first-order valence-electron chi connectivity index (χ1n) is 5.15. The van der Waals surface area contributed by atoms with Crippen LogP contribution in [0.1, 0.15) is 16.2 Å². The molecule has 0 fully saturated rings. The Morgan fingerprint density at radius 1 is 1.44 bits per heavy atom. The van der Waals surface area contributed by atoms with Gasteiger partial charge in [-0.15, -0.1) is 5.10 Å². The number of nitrogens with two attached hydrogens (primary N) is 1. The van der Waals surface area contributed by atoms with E-state index in [1.165, 1.54) is 13.2 Å². The molecular weight excluding hydrogens is 236 g/mol. The van der Waals surface area contributed by atoms with Gasteiger partial charge in [0.15, 0.2) is 0 Å². The molecule has 0 spiro atoms. The van der Waals surface area contributed by atoms with Crippen LogP contribution in [-0.2, 0) is 0 Å². The number of carbonyl (C=O) groups excluding carboxylic acids is 1. The van der Waals surface area contributed by atoms with E-state index < -0.39 is 5.91 Å². The molecule has 0 atom stereocenters. The molecule has 2 rings (SSSR count). The first-order valence-corrected chi connectivity index (χ1v) is 5.15. The maximum Gasteiger partial charge on any atom is 0.322 e. The Kier molecular flexibility index (Phi) is 3.13. The van der Waals surface area contributed by atoms with Gasteiger partial charge in [-0.05, 0) is 18.2 Å². The maximum atomic E-state index is 12.0.